The lowest BCUT2D eigenvalue weighted by Crippen LogP contribution is -2.29. The first kappa shape index (κ1) is 13.0. The summed E-state index contributed by atoms with van der Waals surface area (Å²) < 4.78 is 10.6. The Morgan fingerprint density at radius 3 is 2.94 bits per heavy atom. The summed E-state index contributed by atoms with van der Waals surface area (Å²) in [5.41, 5.74) is 0.947. The molecule has 0 spiro atoms. The molecule has 1 saturated heterocycles. The van der Waals surface area contributed by atoms with Crippen LogP contribution in [0.25, 0.3) is 0 Å². The van der Waals surface area contributed by atoms with Gasteiger partial charge in [-0.25, -0.2) is 0 Å². The number of esters is 1. The average molecular weight is 249 g/mol. The van der Waals surface area contributed by atoms with E-state index in [0.717, 1.165) is 31.6 Å². The molecule has 1 unspecified atom stereocenters. The van der Waals surface area contributed by atoms with Crippen molar-refractivity contribution >= 4 is 5.97 Å². The molecule has 1 atom stereocenters. The Kier molecular flexibility index (Phi) is 4.70. The van der Waals surface area contributed by atoms with Crippen molar-refractivity contribution in [3.63, 3.8) is 0 Å². The molecular formula is C14H19NO3. The van der Waals surface area contributed by atoms with E-state index in [0.29, 0.717) is 12.5 Å². The number of hydrogen-bond acceptors (Lipinski definition) is 4. The first-order valence-electron chi connectivity index (χ1n) is 6.47. The maximum absolute atomic E-state index is 12.2. The van der Waals surface area contributed by atoms with E-state index in [4.69, 9.17) is 9.47 Å². The first-order chi connectivity index (χ1) is 8.83. The van der Waals surface area contributed by atoms with E-state index in [9.17, 15) is 4.79 Å². The van der Waals surface area contributed by atoms with Crippen LogP contribution in [0.2, 0.25) is 0 Å². The molecule has 0 N–H and O–H groups in total. The summed E-state index contributed by atoms with van der Waals surface area (Å²) >= 11 is 0. The highest BCUT2D eigenvalue weighted by Gasteiger charge is 2.32. The van der Waals surface area contributed by atoms with E-state index in [-0.39, 0.29) is 11.9 Å². The van der Waals surface area contributed by atoms with Crippen molar-refractivity contribution in [2.75, 3.05) is 19.8 Å². The first-order valence-corrected chi connectivity index (χ1v) is 6.47. The molecule has 2 rings (SSSR count). The van der Waals surface area contributed by atoms with E-state index in [1.54, 1.807) is 12.4 Å². The number of carbonyl (C=O) groups is 1. The van der Waals surface area contributed by atoms with Crippen molar-refractivity contribution in [2.24, 2.45) is 5.92 Å². The van der Waals surface area contributed by atoms with Crippen molar-refractivity contribution in [1.29, 1.82) is 0 Å². The Bertz CT molecular complexity index is 374. The van der Waals surface area contributed by atoms with Crippen LogP contribution in [0.15, 0.2) is 24.5 Å². The van der Waals surface area contributed by atoms with Crippen LogP contribution in [0.5, 0.6) is 0 Å². The molecule has 0 saturated carbocycles. The largest absolute Gasteiger partial charge is 0.466 e. The van der Waals surface area contributed by atoms with Gasteiger partial charge in [0, 0.05) is 25.6 Å². The summed E-state index contributed by atoms with van der Waals surface area (Å²) in [7, 11) is 0. The molecule has 4 heteroatoms. The summed E-state index contributed by atoms with van der Waals surface area (Å²) in [5.74, 6) is -0.0538. The number of aromatic nitrogens is 1. The molecule has 18 heavy (non-hydrogen) atoms. The third-order valence-electron chi connectivity index (χ3n) is 3.32. The molecular weight excluding hydrogens is 230 g/mol. The molecule has 1 aliphatic heterocycles. The highest BCUT2D eigenvalue weighted by molar-refractivity contribution is 5.78. The molecule has 0 bridgehead atoms. The molecule has 1 aromatic rings. The van der Waals surface area contributed by atoms with Crippen molar-refractivity contribution in [3.8, 4) is 0 Å². The van der Waals surface area contributed by atoms with Crippen LogP contribution in [0.3, 0.4) is 0 Å². The fourth-order valence-electron chi connectivity index (χ4n) is 2.44. The third-order valence-corrected chi connectivity index (χ3v) is 3.32. The summed E-state index contributed by atoms with van der Waals surface area (Å²) in [6.07, 6.45) is 5.28. The van der Waals surface area contributed by atoms with Crippen molar-refractivity contribution in [2.45, 2.75) is 25.7 Å². The summed E-state index contributed by atoms with van der Waals surface area (Å²) in [5, 5.41) is 0. The lowest BCUT2D eigenvalue weighted by Gasteiger charge is -2.28. The van der Waals surface area contributed by atoms with Crippen molar-refractivity contribution in [3.05, 3.63) is 30.1 Å². The molecule has 0 radical (unpaired) electrons. The molecule has 1 fully saturated rings. The van der Waals surface area contributed by atoms with Gasteiger partial charge in [0.2, 0.25) is 0 Å². The van der Waals surface area contributed by atoms with Gasteiger partial charge in [0.25, 0.3) is 0 Å². The SMILES string of the molecule is CCOC(=O)C(c1cccnc1)C1CCOCC1. The van der Waals surface area contributed by atoms with Gasteiger partial charge >= 0.3 is 5.97 Å². The highest BCUT2D eigenvalue weighted by atomic mass is 16.5. The molecule has 0 amide bonds. The number of pyridine rings is 1. The van der Waals surface area contributed by atoms with Crippen LogP contribution in [-0.2, 0) is 14.3 Å². The Morgan fingerprint density at radius 1 is 1.56 bits per heavy atom. The number of hydrogen-bond donors (Lipinski definition) is 0. The second-order valence-electron chi connectivity index (χ2n) is 4.47. The van der Waals surface area contributed by atoms with Gasteiger partial charge in [0.15, 0.2) is 0 Å². The summed E-state index contributed by atoms with van der Waals surface area (Å²) in [6, 6.07) is 3.81. The molecule has 1 aliphatic rings. The second-order valence-corrected chi connectivity index (χ2v) is 4.47. The van der Waals surface area contributed by atoms with Gasteiger partial charge in [-0.1, -0.05) is 6.07 Å². The van der Waals surface area contributed by atoms with Gasteiger partial charge in [0.1, 0.15) is 0 Å². The van der Waals surface area contributed by atoms with Crippen LogP contribution >= 0.6 is 0 Å². The monoisotopic (exact) mass is 249 g/mol. The van der Waals surface area contributed by atoms with Crippen LogP contribution in [0.4, 0.5) is 0 Å². The van der Waals surface area contributed by atoms with E-state index < -0.39 is 0 Å². The predicted octanol–water partition coefficient (Wildman–Crippen LogP) is 2.15. The lowest BCUT2D eigenvalue weighted by atomic mass is 9.82. The summed E-state index contributed by atoms with van der Waals surface area (Å²) in [6.45, 7) is 3.70. The minimum absolute atomic E-state index is 0.141. The Morgan fingerprint density at radius 2 is 2.33 bits per heavy atom. The van der Waals surface area contributed by atoms with E-state index in [2.05, 4.69) is 4.98 Å². The van der Waals surface area contributed by atoms with Crippen molar-refractivity contribution < 1.29 is 14.3 Å². The average Bonchev–Trinajstić information content (AvgIpc) is 2.42. The Labute approximate surface area is 107 Å². The van der Waals surface area contributed by atoms with Gasteiger partial charge in [-0.2, -0.15) is 0 Å². The molecule has 0 aliphatic carbocycles. The topological polar surface area (TPSA) is 48.4 Å². The maximum Gasteiger partial charge on any atom is 0.313 e. The maximum atomic E-state index is 12.2. The minimum atomic E-state index is -0.206. The molecule has 4 nitrogen and oxygen atoms in total. The van der Waals surface area contributed by atoms with Crippen LogP contribution in [0.1, 0.15) is 31.2 Å². The fraction of sp³-hybridized carbons (Fsp3) is 0.571. The van der Waals surface area contributed by atoms with E-state index >= 15 is 0 Å². The normalized spacial score (nSPS) is 18.3. The van der Waals surface area contributed by atoms with Crippen LogP contribution in [0, 0.1) is 5.92 Å². The number of nitrogens with zero attached hydrogens (tertiary/aromatic N) is 1. The lowest BCUT2D eigenvalue weighted by molar-refractivity contribution is -0.147. The van der Waals surface area contributed by atoms with Gasteiger partial charge in [0.05, 0.1) is 12.5 Å². The zero-order valence-corrected chi connectivity index (χ0v) is 10.7. The molecule has 2 heterocycles. The standard InChI is InChI=1S/C14H19NO3/c1-2-18-14(16)13(11-5-8-17-9-6-11)12-4-3-7-15-10-12/h3-4,7,10-11,13H,2,5-6,8-9H2,1H3. The summed E-state index contributed by atoms with van der Waals surface area (Å²) in [4.78, 5) is 16.3. The molecule has 0 aromatic carbocycles. The zero-order valence-electron chi connectivity index (χ0n) is 10.7. The minimum Gasteiger partial charge on any atom is -0.466 e. The third kappa shape index (κ3) is 3.07. The molecule has 98 valence electrons. The zero-order chi connectivity index (χ0) is 12.8. The van der Waals surface area contributed by atoms with E-state index in [1.807, 2.05) is 19.1 Å². The van der Waals surface area contributed by atoms with Crippen LogP contribution < -0.4 is 0 Å². The Balaban J connectivity index is 2.19. The Hall–Kier alpha value is -1.42. The molecule has 1 aromatic heterocycles. The van der Waals surface area contributed by atoms with Gasteiger partial charge in [-0.15, -0.1) is 0 Å². The van der Waals surface area contributed by atoms with Crippen molar-refractivity contribution in [1.82, 2.24) is 4.98 Å². The predicted molar refractivity (Wildman–Crippen MR) is 67.2 cm³/mol. The second kappa shape index (κ2) is 6.50. The van der Waals surface area contributed by atoms with E-state index in [1.165, 1.54) is 0 Å². The smallest absolute Gasteiger partial charge is 0.313 e. The number of carbonyl (C=O) groups excluding carboxylic acids is 1. The van der Waals surface area contributed by atoms with Gasteiger partial charge in [-0.05, 0) is 37.3 Å². The van der Waals surface area contributed by atoms with Gasteiger partial charge in [-0.3, -0.25) is 9.78 Å². The number of ether oxygens (including phenoxy) is 2. The van der Waals surface area contributed by atoms with Gasteiger partial charge < -0.3 is 9.47 Å². The van der Waals surface area contributed by atoms with Crippen LogP contribution in [-0.4, -0.2) is 30.8 Å². The number of rotatable bonds is 4. The quantitative estimate of drug-likeness (QED) is 0.767. The fourth-order valence-corrected chi connectivity index (χ4v) is 2.44. The highest BCUT2D eigenvalue weighted by Crippen LogP contribution is 2.32.